The van der Waals surface area contributed by atoms with Gasteiger partial charge in [-0.15, -0.1) is 11.3 Å². The number of amidine groups is 1. The molecule has 0 fully saturated rings. The zero-order chi connectivity index (χ0) is 13.4. The van der Waals surface area contributed by atoms with E-state index in [-0.39, 0.29) is 5.84 Å². The number of thiophene rings is 1. The van der Waals surface area contributed by atoms with E-state index in [1.54, 1.807) is 7.11 Å². The third-order valence-corrected chi connectivity index (χ3v) is 3.97. The molecular formula is C13H23N3OS. The van der Waals surface area contributed by atoms with Crippen LogP contribution in [0.15, 0.2) is 12.1 Å². The minimum Gasteiger partial charge on any atom is -0.388 e. The zero-order valence-corrected chi connectivity index (χ0v) is 12.1. The van der Waals surface area contributed by atoms with Gasteiger partial charge in [-0.25, -0.2) is 0 Å². The van der Waals surface area contributed by atoms with Crippen LogP contribution in [0.5, 0.6) is 0 Å². The first-order valence-electron chi connectivity index (χ1n) is 6.27. The highest BCUT2D eigenvalue weighted by atomic mass is 32.1. The maximum Gasteiger partial charge on any atom is 0.0918 e. The summed E-state index contributed by atoms with van der Waals surface area (Å²) in [6.45, 7) is 5.50. The highest BCUT2D eigenvalue weighted by Crippen LogP contribution is 2.18. The van der Waals surface area contributed by atoms with Crippen molar-refractivity contribution in [2.75, 3.05) is 26.8 Å². The second-order valence-electron chi connectivity index (χ2n) is 4.27. The molecule has 0 aliphatic heterocycles. The summed E-state index contributed by atoms with van der Waals surface area (Å²) in [5.74, 6) is 0.248. The first-order chi connectivity index (χ1) is 8.65. The van der Waals surface area contributed by atoms with Crippen molar-refractivity contribution in [2.24, 2.45) is 5.73 Å². The fourth-order valence-electron chi connectivity index (χ4n) is 1.69. The van der Waals surface area contributed by atoms with Crippen LogP contribution in [0.1, 0.15) is 23.1 Å². The van der Waals surface area contributed by atoms with Crippen LogP contribution in [0.4, 0.5) is 0 Å². The molecule has 1 rings (SSSR count). The van der Waals surface area contributed by atoms with E-state index < -0.39 is 0 Å². The van der Waals surface area contributed by atoms with E-state index in [1.165, 1.54) is 9.75 Å². The van der Waals surface area contributed by atoms with E-state index in [2.05, 4.69) is 24.0 Å². The summed E-state index contributed by atoms with van der Waals surface area (Å²) >= 11 is 1.86. The smallest absolute Gasteiger partial charge is 0.0918 e. The molecule has 102 valence electrons. The molecule has 0 spiro atoms. The first kappa shape index (κ1) is 15.1. The molecule has 4 nitrogen and oxygen atoms in total. The third kappa shape index (κ3) is 5.62. The van der Waals surface area contributed by atoms with Crippen LogP contribution >= 0.6 is 11.3 Å². The van der Waals surface area contributed by atoms with Crippen LogP contribution < -0.4 is 5.73 Å². The van der Waals surface area contributed by atoms with Crippen LogP contribution in [-0.2, 0) is 17.7 Å². The number of ether oxygens (including phenoxy) is 1. The molecule has 5 heteroatoms. The lowest BCUT2D eigenvalue weighted by molar-refractivity contribution is 0.146. The lowest BCUT2D eigenvalue weighted by atomic mass is 10.3. The van der Waals surface area contributed by atoms with Crippen LogP contribution in [-0.4, -0.2) is 37.5 Å². The van der Waals surface area contributed by atoms with Crippen molar-refractivity contribution in [3.63, 3.8) is 0 Å². The number of nitrogens with zero attached hydrogens (tertiary/aromatic N) is 1. The predicted molar refractivity (Wildman–Crippen MR) is 77.4 cm³/mol. The van der Waals surface area contributed by atoms with E-state index in [0.717, 1.165) is 26.1 Å². The molecule has 0 radical (unpaired) electrons. The Hall–Kier alpha value is -0.910. The molecule has 0 aromatic carbocycles. The lowest BCUT2D eigenvalue weighted by Crippen LogP contribution is -2.30. The van der Waals surface area contributed by atoms with Gasteiger partial charge in [-0.1, -0.05) is 6.92 Å². The number of nitrogens with two attached hydrogens (primary N) is 1. The van der Waals surface area contributed by atoms with Gasteiger partial charge in [-0.2, -0.15) is 0 Å². The SMILES string of the molecule is CCc1ccc(CN(CCOC)CCC(=N)N)s1. The van der Waals surface area contributed by atoms with E-state index >= 15 is 0 Å². The van der Waals surface area contributed by atoms with Crippen molar-refractivity contribution in [2.45, 2.75) is 26.3 Å². The Kier molecular flexibility index (Phi) is 6.93. The van der Waals surface area contributed by atoms with Crippen LogP contribution in [0.2, 0.25) is 0 Å². The molecule has 0 atom stereocenters. The fourth-order valence-corrected chi connectivity index (χ4v) is 2.69. The summed E-state index contributed by atoms with van der Waals surface area (Å²) in [7, 11) is 1.71. The van der Waals surface area contributed by atoms with Crippen molar-refractivity contribution in [3.05, 3.63) is 21.9 Å². The van der Waals surface area contributed by atoms with Gasteiger partial charge in [0, 0.05) is 42.9 Å². The lowest BCUT2D eigenvalue weighted by Gasteiger charge is -2.20. The fraction of sp³-hybridized carbons (Fsp3) is 0.615. The molecule has 1 aromatic heterocycles. The monoisotopic (exact) mass is 269 g/mol. The largest absolute Gasteiger partial charge is 0.388 e. The zero-order valence-electron chi connectivity index (χ0n) is 11.2. The van der Waals surface area contributed by atoms with Gasteiger partial charge >= 0.3 is 0 Å². The Balaban J connectivity index is 2.50. The molecule has 18 heavy (non-hydrogen) atoms. The highest BCUT2D eigenvalue weighted by Gasteiger charge is 2.08. The van der Waals surface area contributed by atoms with Gasteiger partial charge in [0.05, 0.1) is 12.4 Å². The number of aryl methyl sites for hydroxylation is 1. The van der Waals surface area contributed by atoms with Crippen LogP contribution in [0.25, 0.3) is 0 Å². The summed E-state index contributed by atoms with van der Waals surface area (Å²) in [4.78, 5) is 5.07. The van der Waals surface area contributed by atoms with Gasteiger partial charge in [0.15, 0.2) is 0 Å². The Labute approximate surface area is 113 Å². The minimum atomic E-state index is 0.248. The van der Waals surface area contributed by atoms with Crippen molar-refractivity contribution in [1.29, 1.82) is 5.41 Å². The third-order valence-electron chi connectivity index (χ3n) is 2.75. The van der Waals surface area contributed by atoms with Crippen LogP contribution in [0, 0.1) is 5.41 Å². The molecule has 0 unspecified atom stereocenters. The second kappa shape index (κ2) is 8.24. The predicted octanol–water partition coefficient (Wildman–Crippen LogP) is 2.08. The Morgan fingerprint density at radius 1 is 1.39 bits per heavy atom. The molecule has 0 aliphatic carbocycles. The molecule has 0 bridgehead atoms. The summed E-state index contributed by atoms with van der Waals surface area (Å²) in [6.07, 6.45) is 1.71. The van der Waals surface area contributed by atoms with Crippen molar-refractivity contribution >= 4 is 17.2 Å². The Morgan fingerprint density at radius 3 is 2.67 bits per heavy atom. The summed E-state index contributed by atoms with van der Waals surface area (Å²) in [6, 6.07) is 4.39. The van der Waals surface area contributed by atoms with Gasteiger partial charge < -0.3 is 10.5 Å². The van der Waals surface area contributed by atoms with Gasteiger partial charge in [-0.05, 0) is 18.6 Å². The highest BCUT2D eigenvalue weighted by molar-refractivity contribution is 7.11. The Bertz CT molecular complexity index is 365. The standard InChI is InChI=1S/C13H23N3OS/c1-3-11-4-5-12(18-11)10-16(8-9-17-2)7-6-13(14)15/h4-5H,3,6-10H2,1-2H3,(H3,14,15). The molecule has 0 aliphatic rings. The maximum atomic E-state index is 7.30. The average Bonchev–Trinajstić information content (AvgIpc) is 2.80. The molecule has 0 saturated carbocycles. The topological polar surface area (TPSA) is 62.3 Å². The molecule has 1 heterocycles. The molecular weight excluding hydrogens is 246 g/mol. The van der Waals surface area contributed by atoms with E-state index in [4.69, 9.17) is 15.9 Å². The molecule has 3 N–H and O–H groups in total. The average molecular weight is 269 g/mol. The number of hydrogen-bond donors (Lipinski definition) is 2. The van der Waals surface area contributed by atoms with Gasteiger partial charge in [0.1, 0.15) is 0 Å². The first-order valence-corrected chi connectivity index (χ1v) is 7.09. The van der Waals surface area contributed by atoms with Crippen molar-refractivity contribution in [1.82, 2.24) is 4.90 Å². The van der Waals surface area contributed by atoms with E-state index in [1.807, 2.05) is 11.3 Å². The number of rotatable bonds is 9. The quantitative estimate of drug-likeness (QED) is 0.533. The maximum absolute atomic E-state index is 7.30. The summed E-state index contributed by atoms with van der Waals surface area (Å²) in [5, 5.41) is 7.30. The minimum absolute atomic E-state index is 0.248. The summed E-state index contributed by atoms with van der Waals surface area (Å²) < 4.78 is 5.12. The van der Waals surface area contributed by atoms with Crippen molar-refractivity contribution in [3.8, 4) is 0 Å². The number of methoxy groups -OCH3 is 1. The van der Waals surface area contributed by atoms with Gasteiger partial charge in [0.2, 0.25) is 0 Å². The van der Waals surface area contributed by atoms with Gasteiger partial charge in [-0.3, -0.25) is 10.3 Å². The van der Waals surface area contributed by atoms with E-state index in [9.17, 15) is 0 Å². The van der Waals surface area contributed by atoms with Gasteiger partial charge in [0.25, 0.3) is 0 Å². The normalized spacial score (nSPS) is 11.1. The van der Waals surface area contributed by atoms with Crippen molar-refractivity contribution < 1.29 is 4.74 Å². The summed E-state index contributed by atoms with van der Waals surface area (Å²) in [5.41, 5.74) is 5.42. The number of nitrogens with one attached hydrogen (secondary N) is 1. The second-order valence-corrected chi connectivity index (χ2v) is 5.52. The number of hydrogen-bond acceptors (Lipinski definition) is 4. The Morgan fingerprint density at radius 2 is 2.11 bits per heavy atom. The molecule has 0 amide bonds. The van der Waals surface area contributed by atoms with E-state index in [0.29, 0.717) is 13.0 Å². The van der Waals surface area contributed by atoms with Crippen LogP contribution in [0.3, 0.4) is 0 Å². The molecule has 0 saturated heterocycles. The molecule has 1 aromatic rings.